The van der Waals surface area contributed by atoms with Gasteiger partial charge in [0.15, 0.2) is 0 Å². The van der Waals surface area contributed by atoms with Gasteiger partial charge in [-0.3, -0.25) is 19.7 Å². The molecule has 0 saturated carbocycles. The molecule has 29 heavy (non-hydrogen) atoms. The molecule has 0 bridgehead atoms. The summed E-state index contributed by atoms with van der Waals surface area (Å²) < 4.78 is 26.9. The molecule has 0 aromatic heterocycles. The smallest absolute Gasteiger partial charge is 0.321 e. The molecule has 0 unspecified atom stereocenters. The monoisotopic (exact) mass is 421 g/mol. The summed E-state index contributed by atoms with van der Waals surface area (Å²) in [7, 11) is -4.21. The molecule has 0 saturated heterocycles. The quantitative estimate of drug-likeness (QED) is 0.490. The number of hydrogen-bond donors (Lipinski definition) is 2. The van der Waals surface area contributed by atoms with E-state index in [0.29, 0.717) is 11.3 Å². The van der Waals surface area contributed by atoms with Crippen molar-refractivity contribution >= 4 is 33.3 Å². The minimum absolute atomic E-state index is 0.151. The van der Waals surface area contributed by atoms with Gasteiger partial charge in [0, 0.05) is 31.3 Å². The van der Waals surface area contributed by atoms with Crippen molar-refractivity contribution in [1.29, 1.82) is 0 Å². The molecule has 11 heteroatoms. The molecular weight excluding hydrogens is 402 g/mol. The molecule has 0 heterocycles. The minimum atomic E-state index is -4.21. The van der Waals surface area contributed by atoms with E-state index in [9.17, 15) is 33.2 Å². The molecule has 2 aromatic carbocycles. The number of sulfonamides is 1. The van der Waals surface area contributed by atoms with Crippen molar-refractivity contribution in [1.82, 2.24) is 4.31 Å². The summed E-state index contributed by atoms with van der Waals surface area (Å²) in [5.41, 5.74) is 0.620. The molecule has 1 amide bonds. The van der Waals surface area contributed by atoms with Gasteiger partial charge in [-0.05, 0) is 36.8 Å². The van der Waals surface area contributed by atoms with Gasteiger partial charge in [-0.25, -0.2) is 8.42 Å². The number of hydrogen-bond acceptors (Lipinski definition) is 6. The third-order valence-electron chi connectivity index (χ3n) is 4.06. The van der Waals surface area contributed by atoms with Crippen LogP contribution in [-0.2, 0) is 26.2 Å². The molecular formula is C18H19N3O7S. The van der Waals surface area contributed by atoms with Crippen molar-refractivity contribution in [2.75, 3.05) is 5.32 Å². The summed E-state index contributed by atoms with van der Waals surface area (Å²) in [5, 5.41) is 22.6. The van der Waals surface area contributed by atoms with Crippen LogP contribution in [0, 0.1) is 10.1 Å². The number of carboxylic acid groups (broad SMARTS) is 1. The van der Waals surface area contributed by atoms with Gasteiger partial charge in [-0.1, -0.05) is 12.1 Å². The highest BCUT2D eigenvalue weighted by Crippen LogP contribution is 2.24. The second kappa shape index (κ2) is 8.80. The molecule has 0 fully saturated rings. The first-order valence-electron chi connectivity index (χ1n) is 8.38. The Morgan fingerprint density at radius 1 is 1.14 bits per heavy atom. The minimum Gasteiger partial charge on any atom is -0.480 e. The number of nitro benzene ring substituents is 1. The molecule has 0 aliphatic carbocycles. The van der Waals surface area contributed by atoms with Crippen molar-refractivity contribution in [3.63, 3.8) is 0 Å². The Morgan fingerprint density at radius 3 is 2.14 bits per heavy atom. The number of non-ortho nitro benzene ring substituents is 1. The van der Waals surface area contributed by atoms with Crippen LogP contribution in [-0.4, -0.2) is 40.7 Å². The third kappa shape index (κ3) is 5.36. The Labute approximate surface area is 167 Å². The van der Waals surface area contributed by atoms with Gasteiger partial charge in [0.25, 0.3) is 5.69 Å². The third-order valence-corrected chi connectivity index (χ3v) is 5.99. The highest BCUT2D eigenvalue weighted by Gasteiger charge is 2.33. The largest absolute Gasteiger partial charge is 0.480 e. The van der Waals surface area contributed by atoms with Gasteiger partial charge in [-0.15, -0.1) is 0 Å². The molecule has 2 N–H and O–H groups in total. The number of nitro groups is 1. The van der Waals surface area contributed by atoms with Gasteiger partial charge in [0.2, 0.25) is 15.9 Å². The lowest BCUT2D eigenvalue weighted by Gasteiger charge is -2.26. The lowest BCUT2D eigenvalue weighted by Crippen LogP contribution is -2.42. The molecule has 0 spiro atoms. The Balaban J connectivity index is 2.38. The van der Waals surface area contributed by atoms with Crippen LogP contribution in [0.3, 0.4) is 0 Å². The average Bonchev–Trinajstić information content (AvgIpc) is 2.65. The second-order valence-electron chi connectivity index (χ2n) is 6.19. The number of aliphatic carboxylic acids is 1. The topological polar surface area (TPSA) is 147 Å². The molecule has 0 aliphatic heterocycles. The van der Waals surface area contributed by atoms with E-state index in [1.807, 2.05) is 0 Å². The lowest BCUT2D eigenvalue weighted by molar-refractivity contribution is -0.384. The van der Waals surface area contributed by atoms with Gasteiger partial charge in [0.1, 0.15) is 6.04 Å². The van der Waals surface area contributed by atoms with E-state index in [1.165, 1.54) is 62.4 Å². The zero-order chi connectivity index (χ0) is 21.8. The van der Waals surface area contributed by atoms with Crippen LogP contribution < -0.4 is 5.32 Å². The number of carboxylic acids is 1. The highest BCUT2D eigenvalue weighted by molar-refractivity contribution is 7.89. The maximum absolute atomic E-state index is 13.1. The van der Waals surface area contributed by atoms with E-state index in [2.05, 4.69) is 5.32 Å². The molecule has 1 atom stereocenters. The number of carbonyl (C=O) groups is 2. The predicted molar refractivity (Wildman–Crippen MR) is 104 cm³/mol. The van der Waals surface area contributed by atoms with Gasteiger partial charge in [0.05, 0.1) is 9.82 Å². The highest BCUT2D eigenvalue weighted by atomic mass is 32.2. The number of rotatable bonds is 8. The number of benzene rings is 2. The Hall–Kier alpha value is -3.31. The van der Waals surface area contributed by atoms with Crippen LogP contribution in [0.4, 0.5) is 11.4 Å². The Morgan fingerprint density at radius 2 is 1.69 bits per heavy atom. The van der Waals surface area contributed by atoms with Crippen LogP contribution in [0.15, 0.2) is 53.4 Å². The van der Waals surface area contributed by atoms with Crippen LogP contribution in [0.25, 0.3) is 0 Å². The SMILES string of the molecule is CC(=O)Nc1ccc(S(=O)(=O)N(Cc2ccc([N+](=O)[O-])cc2)[C@@H](C)C(=O)O)cc1. The Kier molecular flexibility index (Phi) is 6.67. The fraction of sp³-hybridized carbons (Fsp3) is 0.222. The summed E-state index contributed by atoms with van der Waals surface area (Å²) in [6, 6.07) is 9.10. The fourth-order valence-electron chi connectivity index (χ4n) is 2.51. The number of amides is 1. The zero-order valence-electron chi connectivity index (χ0n) is 15.6. The number of anilines is 1. The Bertz CT molecular complexity index is 1020. The summed E-state index contributed by atoms with van der Waals surface area (Å²) >= 11 is 0. The summed E-state index contributed by atoms with van der Waals surface area (Å²) in [6.45, 7) is 2.25. The van der Waals surface area contributed by atoms with Crippen molar-refractivity contribution < 1.29 is 28.0 Å². The molecule has 10 nitrogen and oxygen atoms in total. The maximum atomic E-state index is 13.1. The zero-order valence-corrected chi connectivity index (χ0v) is 16.4. The first-order chi connectivity index (χ1) is 13.5. The van der Waals surface area contributed by atoms with Crippen molar-refractivity contribution in [2.45, 2.75) is 31.3 Å². The lowest BCUT2D eigenvalue weighted by atomic mass is 10.2. The van der Waals surface area contributed by atoms with E-state index >= 15 is 0 Å². The van der Waals surface area contributed by atoms with E-state index < -0.39 is 27.0 Å². The summed E-state index contributed by atoms with van der Waals surface area (Å²) in [4.78, 5) is 32.6. The standard InChI is InChI=1S/C18H19N3O7S/c1-12(18(23)24)20(11-14-3-7-16(8-4-14)21(25)26)29(27,28)17-9-5-15(6-10-17)19-13(2)22/h3-10,12H,11H2,1-2H3,(H,19,22)(H,23,24)/t12-/m0/s1. The van der Waals surface area contributed by atoms with Crippen LogP contribution >= 0.6 is 0 Å². The van der Waals surface area contributed by atoms with Gasteiger partial charge in [-0.2, -0.15) is 4.31 Å². The predicted octanol–water partition coefficient (Wildman–Crippen LogP) is 2.22. The summed E-state index contributed by atoms with van der Waals surface area (Å²) in [6.07, 6.45) is 0. The second-order valence-corrected chi connectivity index (χ2v) is 8.08. The van der Waals surface area contributed by atoms with Crippen molar-refractivity contribution in [3.05, 3.63) is 64.2 Å². The number of carbonyl (C=O) groups excluding carboxylic acids is 1. The van der Waals surface area contributed by atoms with E-state index in [4.69, 9.17) is 0 Å². The molecule has 0 aliphatic rings. The van der Waals surface area contributed by atoms with Crippen LogP contribution in [0.2, 0.25) is 0 Å². The van der Waals surface area contributed by atoms with Crippen molar-refractivity contribution in [2.24, 2.45) is 0 Å². The first kappa shape index (κ1) is 22.0. The van der Waals surface area contributed by atoms with Crippen LogP contribution in [0.5, 0.6) is 0 Å². The molecule has 2 aromatic rings. The molecule has 0 radical (unpaired) electrons. The van der Waals surface area contributed by atoms with Gasteiger partial charge >= 0.3 is 5.97 Å². The fourth-order valence-corrected chi connectivity index (χ4v) is 4.08. The molecule has 154 valence electrons. The maximum Gasteiger partial charge on any atom is 0.321 e. The average molecular weight is 421 g/mol. The number of nitrogens with zero attached hydrogens (tertiary/aromatic N) is 2. The number of nitrogens with one attached hydrogen (secondary N) is 1. The molecule has 2 rings (SSSR count). The first-order valence-corrected chi connectivity index (χ1v) is 9.82. The van der Waals surface area contributed by atoms with Gasteiger partial charge < -0.3 is 10.4 Å². The van der Waals surface area contributed by atoms with E-state index in [1.54, 1.807) is 0 Å². The van der Waals surface area contributed by atoms with Crippen molar-refractivity contribution in [3.8, 4) is 0 Å². The van der Waals surface area contributed by atoms with E-state index in [0.717, 1.165) is 4.31 Å². The normalized spacial score (nSPS) is 12.4. The summed E-state index contributed by atoms with van der Waals surface area (Å²) in [5.74, 6) is -1.66. The van der Waals surface area contributed by atoms with Crippen LogP contribution in [0.1, 0.15) is 19.4 Å². The van der Waals surface area contributed by atoms with E-state index in [-0.39, 0.29) is 23.0 Å².